The zero-order valence-corrected chi connectivity index (χ0v) is 19.4. The maximum atomic E-state index is 15.0. The number of fused-ring (bicyclic) bond motifs is 1. The zero-order valence-electron chi connectivity index (χ0n) is 19.4. The number of benzene rings is 2. The van der Waals surface area contributed by atoms with Gasteiger partial charge in [-0.1, -0.05) is 82.7 Å². The van der Waals surface area contributed by atoms with Gasteiger partial charge in [0.25, 0.3) is 0 Å². The highest BCUT2D eigenvalue weighted by Gasteiger charge is 2.15. The van der Waals surface area contributed by atoms with Crippen molar-refractivity contribution in [2.24, 2.45) is 0 Å². The maximum Gasteiger partial charge on any atom is 0.346 e. The third-order valence-electron chi connectivity index (χ3n) is 5.90. The van der Waals surface area contributed by atoms with Gasteiger partial charge in [-0.25, -0.2) is 9.18 Å². The van der Waals surface area contributed by atoms with E-state index < -0.39 is 11.4 Å². The molecule has 0 aliphatic rings. The molecule has 3 nitrogen and oxygen atoms in total. The molecule has 0 amide bonds. The Morgan fingerprint density at radius 1 is 0.812 bits per heavy atom. The van der Waals surface area contributed by atoms with Crippen molar-refractivity contribution < 1.29 is 13.5 Å². The van der Waals surface area contributed by atoms with Crippen LogP contribution in [0.4, 0.5) is 4.39 Å². The molecular formula is C28H35FO3. The van der Waals surface area contributed by atoms with Crippen molar-refractivity contribution in [3.63, 3.8) is 0 Å². The van der Waals surface area contributed by atoms with Crippen LogP contribution in [0.3, 0.4) is 0 Å². The lowest BCUT2D eigenvalue weighted by Crippen LogP contribution is -2.06. The molecule has 172 valence electrons. The van der Waals surface area contributed by atoms with Crippen molar-refractivity contribution in [1.29, 1.82) is 0 Å². The first-order valence-electron chi connectivity index (χ1n) is 12.1. The molecule has 1 aromatic heterocycles. The Hall–Kier alpha value is -2.62. The molecule has 3 aromatic rings. The average molecular weight is 439 g/mol. The molecule has 0 bridgehead atoms. The van der Waals surface area contributed by atoms with E-state index in [1.165, 1.54) is 44.1 Å². The van der Waals surface area contributed by atoms with Crippen LogP contribution in [0, 0.1) is 5.82 Å². The lowest BCUT2D eigenvalue weighted by atomic mass is 10.1. The van der Waals surface area contributed by atoms with Gasteiger partial charge in [-0.3, -0.25) is 0 Å². The van der Waals surface area contributed by atoms with Crippen LogP contribution in [-0.4, -0.2) is 0 Å². The second-order valence-corrected chi connectivity index (χ2v) is 8.57. The summed E-state index contributed by atoms with van der Waals surface area (Å²) < 4.78 is 26.1. The van der Waals surface area contributed by atoms with E-state index in [4.69, 9.17) is 9.15 Å². The van der Waals surface area contributed by atoms with Crippen molar-refractivity contribution in [2.75, 3.05) is 0 Å². The summed E-state index contributed by atoms with van der Waals surface area (Å²) >= 11 is 0. The fourth-order valence-corrected chi connectivity index (χ4v) is 3.95. The Labute approximate surface area is 190 Å². The van der Waals surface area contributed by atoms with Crippen molar-refractivity contribution >= 4 is 10.8 Å². The number of hydrogen-bond donors (Lipinski definition) is 0. The van der Waals surface area contributed by atoms with Crippen LogP contribution in [0.15, 0.2) is 51.7 Å². The maximum absolute atomic E-state index is 15.0. The number of aryl methyl sites for hydroxylation is 2. The van der Waals surface area contributed by atoms with E-state index in [9.17, 15) is 4.79 Å². The molecule has 0 fully saturated rings. The number of hydrogen-bond acceptors (Lipinski definition) is 3. The zero-order chi connectivity index (χ0) is 22.8. The fourth-order valence-electron chi connectivity index (χ4n) is 3.95. The highest BCUT2D eigenvalue weighted by Crippen LogP contribution is 2.26. The number of unbranched alkanes of at least 4 members (excludes halogenated alkanes) is 6. The molecule has 2 aromatic carbocycles. The highest BCUT2D eigenvalue weighted by molar-refractivity contribution is 5.83. The first kappa shape index (κ1) is 24.0. The van der Waals surface area contributed by atoms with Crippen LogP contribution in [0.25, 0.3) is 10.8 Å². The third-order valence-corrected chi connectivity index (χ3v) is 5.90. The summed E-state index contributed by atoms with van der Waals surface area (Å²) in [5, 5.41) is 0.523. The van der Waals surface area contributed by atoms with Gasteiger partial charge in [0, 0.05) is 6.42 Å². The van der Waals surface area contributed by atoms with Gasteiger partial charge in [-0.2, -0.15) is 0 Å². The molecule has 4 heteroatoms. The number of halogens is 1. The first-order valence-corrected chi connectivity index (χ1v) is 12.1. The van der Waals surface area contributed by atoms with Gasteiger partial charge in [-0.05, 0) is 47.9 Å². The van der Waals surface area contributed by atoms with Crippen LogP contribution >= 0.6 is 0 Å². The molecule has 0 aliphatic heterocycles. The highest BCUT2D eigenvalue weighted by atomic mass is 19.1. The van der Waals surface area contributed by atoms with Crippen molar-refractivity contribution in [1.82, 2.24) is 0 Å². The predicted molar refractivity (Wildman–Crippen MR) is 129 cm³/mol. The van der Waals surface area contributed by atoms with Crippen LogP contribution in [0.5, 0.6) is 5.75 Å². The quantitative estimate of drug-likeness (QED) is 0.256. The van der Waals surface area contributed by atoms with E-state index in [1.807, 2.05) is 12.1 Å². The summed E-state index contributed by atoms with van der Waals surface area (Å²) in [5.74, 6) is 0.0390. The molecule has 0 saturated heterocycles. The van der Waals surface area contributed by atoms with Gasteiger partial charge in [-0.15, -0.1) is 0 Å². The summed E-state index contributed by atoms with van der Waals surface area (Å²) in [6, 6.07) is 13.3. The molecule has 1 heterocycles. The van der Waals surface area contributed by atoms with Crippen LogP contribution < -0.4 is 10.4 Å². The minimum Gasteiger partial charge on any atom is -0.486 e. The Kier molecular flexibility index (Phi) is 9.33. The minimum absolute atomic E-state index is 0.0384. The second-order valence-electron chi connectivity index (χ2n) is 8.57. The molecule has 3 rings (SSSR count). The molecule has 0 unspecified atom stereocenters. The summed E-state index contributed by atoms with van der Waals surface area (Å²) in [5.41, 5.74) is 1.64. The van der Waals surface area contributed by atoms with Gasteiger partial charge in [0.2, 0.25) is 0 Å². The monoisotopic (exact) mass is 438 g/mol. The normalized spacial score (nSPS) is 11.2. The van der Waals surface area contributed by atoms with Crippen LogP contribution in [-0.2, 0) is 19.4 Å². The molecule has 0 radical (unpaired) electrons. The molecule has 0 aliphatic carbocycles. The Morgan fingerprint density at radius 2 is 1.47 bits per heavy atom. The van der Waals surface area contributed by atoms with E-state index in [-0.39, 0.29) is 17.7 Å². The second kappa shape index (κ2) is 12.4. The Bertz CT molecular complexity index is 1040. The van der Waals surface area contributed by atoms with Gasteiger partial charge < -0.3 is 9.15 Å². The number of ether oxygens (including phenoxy) is 1. The molecule has 0 N–H and O–H groups in total. The lowest BCUT2D eigenvalue weighted by molar-refractivity contribution is 0.291. The average Bonchev–Trinajstić information content (AvgIpc) is 2.79. The van der Waals surface area contributed by atoms with E-state index in [0.717, 1.165) is 24.8 Å². The summed E-state index contributed by atoms with van der Waals surface area (Å²) in [7, 11) is 0. The number of rotatable bonds is 13. The van der Waals surface area contributed by atoms with Gasteiger partial charge in [0.1, 0.15) is 17.8 Å². The van der Waals surface area contributed by atoms with Crippen LogP contribution in [0.2, 0.25) is 0 Å². The van der Waals surface area contributed by atoms with E-state index >= 15 is 4.39 Å². The standard InChI is InChI=1S/C28H35FO3/c1-3-5-7-8-10-12-24-19-23-17-18-25(27(29)26(23)28(30)32-24)31-20-22-15-13-21(14-16-22)11-9-6-4-2/h13-19H,3-12,20H2,1-2H3. The molecule has 32 heavy (non-hydrogen) atoms. The van der Waals surface area contributed by atoms with Gasteiger partial charge in [0.05, 0.1) is 0 Å². The molecule has 0 saturated carbocycles. The van der Waals surface area contributed by atoms with Crippen molar-refractivity contribution in [3.8, 4) is 5.75 Å². The minimum atomic E-state index is -0.651. The summed E-state index contributed by atoms with van der Waals surface area (Å²) in [6.45, 7) is 4.63. The van der Waals surface area contributed by atoms with Gasteiger partial charge >= 0.3 is 5.63 Å². The smallest absolute Gasteiger partial charge is 0.346 e. The largest absolute Gasteiger partial charge is 0.486 e. The SMILES string of the molecule is CCCCCCCc1cc2ccc(OCc3ccc(CCCCC)cc3)c(F)c2c(=O)o1. The van der Waals surface area contributed by atoms with E-state index in [1.54, 1.807) is 18.2 Å². The van der Waals surface area contributed by atoms with E-state index in [0.29, 0.717) is 17.6 Å². The summed E-state index contributed by atoms with van der Waals surface area (Å²) in [4.78, 5) is 12.5. The fraction of sp³-hybridized carbons (Fsp3) is 0.464. The molecule has 0 atom stereocenters. The lowest BCUT2D eigenvalue weighted by Gasteiger charge is -2.10. The summed E-state index contributed by atoms with van der Waals surface area (Å²) in [6.07, 6.45) is 11.1. The van der Waals surface area contributed by atoms with E-state index in [2.05, 4.69) is 26.0 Å². The Balaban J connectivity index is 1.64. The first-order chi connectivity index (χ1) is 15.6. The van der Waals surface area contributed by atoms with Gasteiger partial charge in [0.15, 0.2) is 11.6 Å². The third kappa shape index (κ3) is 6.69. The van der Waals surface area contributed by atoms with Crippen LogP contribution in [0.1, 0.15) is 82.1 Å². The predicted octanol–water partition coefficient (Wildman–Crippen LogP) is 7.76. The van der Waals surface area contributed by atoms with Crippen molar-refractivity contribution in [2.45, 2.75) is 84.7 Å². The molecular weight excluding hydrogens is 403 g/mol. The Morgan fingerprint density at radius 3 is 2.22 bits per heavy atom. The van der Waals surface area contributed by atoms with Crippen molar-refractivity contribution in [3.05, 3.63) is 75.6 Å². The topological polar surface area (TPSA) is 39.4 Å². The molecule has 0 spiro atoms.